The van der Waals surface area contributed by atoms with Crippen LogP contribution < -0.4 is 26.0 Å². The van der Waals surface area contributed by atoms with Gasteiger partial charge in [-0.05, 0) is 140 Å². The molecule has 0 bridgehead atoms. The first-order valence-corrected chi connectivity index (χ1v) is 33.2. The first-order chi connectivity index (χ1) is 46.1. The summed E-state index contributed by atoms with van der Waals surface area (Å²) in [5.74, 6) is -1.53. The maximum Gasteiger partial charge on any atom is 0.261 e. The van der Waals surface area contributed by atoms with E-state index in [2.05, 4.69) is 51.2 Å². The molecule has 5 aliphatic heterocycles. The fourth-order valence-electron chi connectivity index (χ4n) is 12.5. The summed E-state index contributed by atoms with van der Waals surface area (Å²) in [6.45, 7) is 5.89. The summed E-state index contributed by atoms with van der Waals surface area (Å²) in [4.78, 5) is 49.9. The lowest BCUT2D eigenvalue weighted by molar-refractivity contribution is -0.135. The number of aryl methyl sites for hydroxylation is 3. The lowest BCUT2D eigenvalue weighted by Crippen LogP contribution is -2.36. The molecule has 5 atom stereocenters. The van der Waals surface area contributed by atoms with E-state index in [1.54, 1.807) is 55.6 Å². The molecule has 11 aromatic rings. The summed E-state index contributed by atoms with van der Waals surface area (Å²) in [6, 6.07) is 35.0. The third kappa shape index (κ3) is 11.9. The minimum atomic E-state index is -1.86. The molecule has 9 N–H and O–H groups in total. The van der Waals surface area contributed by atoms with Crippen LogP contribution in [0.3, 0.4) is 0 Å². The van der Waals surface area contributed by atoms with Crippen LogP contribution in [0.25, 0.3) is 32.0 Å². The third-order valence-electron chi connectivity index (χ3n) is 17.4. The SMILES string of the molecule is COc1ccc2c(CC3(O)C(=O)Nc4c(Cl)ccc(Cl)c43)nsc2c1.Cc1ccc2c(CC3(O)C(=O)Nc4c(Cl)ccc(Cl)c43)[nH]nc2c1.Cc1ccc2c(CC3(O)C(=O)Nc4c(Cl)ccc(Cl)c43)noc2c1.Cc1ccc2c(c1)N=NC2CC1(O)C(=O)Nc2c(Cl)ccc(Cl)c21. The van der Waals surface area contributed by atoms with Crippen LogP contribution in [0, 0.1) is 20.8 Å². The number of halogens is 8. The van der Waals surface area contributed by atoms with Gasteiger partial charge in [-0.25, -0.2) is 0 Å². The van der Waals surface area contributed by atoms with E-state index in [4.69, 9.17) is 102 Å². The number of aromatic nitrogens is 4. The number of anilines is 4. The van der Waals surface area contributed by atoms with Gasteiger partial charge in [-0.1, -0.05) is 128 Å². The van der Waals surface area contributed by atoms with Crippen LogP contribution in [0.1, 0.15) is 74.1 Å². The highest BCUT2D eigenvalue weighted by Crippen LogP contribution is 2.53. The molecule has 0 radical (unpaired) electrons. The summed E-state index contributed by atoms with van der Waals surface area (Å²) in [5.41, 5.74) is 3.25. The molecule has 8 aromatic carbocycles. The van der Waals surface area contributed by atoms with Gasteiger partial charge in [-0.3, -0.25) is 24.3 Å². The number of hydrogen-bond acceptors (Lipinski definition) is 16. The molecule has 0 fully saturated rings. The Morgan fingerprint density at radius 1 is 0.505 bits per heavy atom. The van der Waals surface area contributed by atoms with Crippen LogP contribution in [-0.2, 0) is 60.8 Å². The summed E-state index contributed by atoms with van der Waals surface area (Å²) >= 11 is 50.7. The van der Waals surface area contributed by atoms with Crippen molar-refractivity contribution in [3.05, 3.63) is 223 Å². The van der Waals surface area contributed by atoms with E-state index in [9.17, 15) is 39.6 Å². The number of nitrogens with one attached hydrogen (secondary N) is 5. The van der Waals surface area contributed by atoms with Crippen molar-refractivity contribution in [2.45, 2.75) is 74.9 Å². The van der Waals surface area contributed by atoms with Gasteiger partial charge >= 0.3 is 0 Å². The average Bonchev–Trinajstić information content (AvgIpc) is 1.61. The number of aromatic amines is 1. The monoisotopic (exact) mass is 1480 g/mol. The van der Waals surface area contributed by atoms with Crippen LogP contribution in [-0.4, -0.2) is 70.9 Å². The van der Waals surface area contributed by atoms with Crippen LogP contribution in [0.2, 0.25) is 40.2 Å². The number of ether oxygens (including phenoxy) is 1. The number of carbonyl (C=O) groups excluding carboxylic acids is 4. The van der Waals surface area contributed by atoms with E-state index in [0.717, 1.165) is 60.1 Å². The zero-order valence-electron chi connectivity index (χ0n) is 50.9. The smallest absolute Gasteiger partial charge is 0.261 e. The number of nitrogens with zero attached hydrogens (tertiary/aromatic N) is 5. The Hall–Kier alpha value is -7.97. The Labute approximate surface area is 594 Å². The molecule has 3 aromatic heterocycles. The van der Waals surface area contributed by atoms with E-state index >= 15 is 0 Å². The van der Waals surface area contributed by atoms with Gasteiger partial charge in [0.25, 0.3) is 23.6 Å². The first kappa shape index (κ1) is 67.6. The molecule has 5 aliphatic rings. The van der Waals surface area contributed by atoms with Gasteiger partial charge in [-0.2, -0.15) is 19.7 Å². The molecule has 5 unspecified atom stereocenters. The second-order valence-electron chi connectivity index (χ2n) is 23.7. The highest BCUT2D eigenvalue weighted by Gasteiger charge is 2.53. The van der Waals surface area contributed by atoms with Gasteiger partial charge < -0.3 is 51.0 Å². The maximum atomic E-state index is 12.5. The predicted molar refractivity (Wildman–Crippen MR) is 376 cm³/mol. The molecule has 0 saturated carbocycles. The maximum absolute atomic E-state index is 12.5. The molecular weight excluding hydrogens is 1430 g/mol. The number of methoxy groups -OCH3 is 1. The molecular formula is C68H50Cl8N10O10S. The summed E-state index contributed by atoms with van der Waals surface area (Å²) < 4.78 is 15.8. The van der Waals surface area contributed by atoms with Crippen molar-refractivity contribution in [1.29, 1.82) is 0 Å². The number of H-pyrrole nitrogens is 1. The van der Waals surface area contributed by atoms with Crippen molar-refractivity contribution in [2.75, 3.05) is 28.4 Å². The molecule has 0 aliphatic carbocycles. The Morgan fingerprint density at radius 2 is 0.948 bits per heavy atom. The number of amides is 4. The van der Waals surface area contributed by atoms with Crippen molar-refractivity contribution >= 4 is 188 Å². The van der Waals surface area contributed by atoms with Gasteiger partial charge in [0.1, 0.15) is 11.8 Å². The normalized spacial score (nSPS) is 20.6. The Kier molecular flexibility index (Phi) is 17.9. The largest absolute Gasteiger partial charge is 0.497 e. The molecule has 20 nitrogen and oxygen atoms in total. The average molecular weight is 1480 g/mol. The third-order valence-corrected chi connectivity index (χ3v) is 20.8. The summed E-state index contributed by atoms with van der Waals surface area (Å²) in [6.07, 6.45) is -0.00288. The zero-order valence-corrected chi connectivity index (χ0v) is 57.7. The highest BCUT2D eigenvalue weighted by molar-refractivity contribution is 7.13. The second-order valence-corrected chi connectivity index (χ2v) is 27.8. The Morgan fingerprint density at radius 3 is 1.48 bits per heavy atom. The van der Waals surface area contributed by atoms with E-state index in [1.165, 1.54) is 11.5 Å². The van der Waals surface area contributed by atoms with Crippen molar-refractivity contribution in [3.63, 3.8) is 0 Å². The van der Waals surface area contributed by atoms with Gasteiger partial charge in [0.2, 0.25) is 0 Å². The number of rotatable bonds is 9. The first-order valence-electron chi connectivity index (χ1n) is 29.5. The molecule has 0 spiro atoms. The Bertz CT molecular complexity index is 5040. The zero-order chi connectivity index (χ0) is 68.9. The summed E-state index contributed by atoms with van der Waals surface area (Å²) in [5, 5.41) is 79.3. The molecule has 16 rings (SSSR count). The van der Waals surface area contributed by atoms with E-state index in [1.807, 2.05) is 93.6 Å². The lowest BCUT2D eigenvalue weighted by Gasteiger charge is -2.24. The molecule has 0 saturated heterocycles. The quantitative estimate of drug-likeness (QED) is 0.0650. The minimum Gasteiger partial charge on any atom is -0.497 e. The van der Waals surface area contributed by atoms with Gasteiger partial charge in [0.05, 0.1) is 77.2 Å². The standard InChI is InChI=1S/2C17H13Cl2N3O2.C17H12Cl2N2O3S.C17H12Cl2N2O3/c2*1-8-2-3-9-12(6-8)21-22-13(9)7-17(24)14-10(18)4-5-11(19)15(14)20-16(17)23;1-24-8-2-3-9-12(21-25-13(9)6-8)7-17(23)14-10(18)4-5-11(19)15(14)20-16(17)22;1-8-2-3-9-12(21-24-13(9)6-8)7-17(23)14-10(18)4-5-11(19)15(14)20-16(17)22/h2-6,24H,7H2,1H3,(H,20,23)(H,21,22);2-6,13,24H,7H2,1H3,(H,20,23);2-6,23H,7H2,1H3,(H,20,22);2-6,23H,7H2,1H3,(H,20,22). The van der Waals surface area contributed by atoms with Crippen LogP contribution >= 0.6 is 104 Å². The lowest BCUT2D eigenvalue weighted by atomic mass is 9.86. The Balaban J connectivity index is 0.000000117. The molecule has 97 heavy (non-hydrogen) atoms. The number of hydrogen-bond donors (Lipinski definition) is 9. The molecule has 8 heterocycles. The number of azo groups is 1. The van der Waals surface area contributed by atoms with E-state index in [0.29, 0.717) is 82.2 Å². The van der Waals surface area contributed by atoms with Gasteiger partial charge in [0.15, 0.2) is 28.0 Å². The highest BCUT2D eigenvalue weighted by atomic mass is 35.5. The number of carbonyl (C=O) groups is 4. The molecule has 29 heteroatoms. The second kappa shape index (κ2) is 25.7. The van der Waals surface area contributed by atoms with Crippen molar-refractivity contribution in [3.8, 4) is 5.75 Å². The van der Waals surface area contributed by atoms with Crippen LogP contribution in [0.4, 0.5) is 28.4 Å². The van der Waals surface area contributed by atoms with Gasteiger partial charge in [0, 0.05) is 95.4 Å². The topological polar surface area (TPSA) is 299 Å². The number of fused-ring (bicyclic) bond motifs is 8. The van der Waals surface area contributed by atoms with Crippen LogP contribution in [0.5, 0.6) is 5.75 Å². The van der Waals surface area contributed by atoms with E-state index < -0.39 is 52.1 Å². The van der Waals surface area contributed by atoms with Crippen molar-refractivity contribution in [1.82, 2.24) is 19.7 Å². The number of aliphatic hydroxyl groups is 4. The number of benzene rings is 8. The molecule has 494 valence electrons. The van der Waals surface area contributed by atoms with Crippen LogP contribution in [0.15, 0.2) is 136 Å². The van der Waals surface area contributed by atoms with Gasteiger partial charge in [-0.15, -0.1) is 0 Å². The molecule has 4 amide bonds. The minimum absolute atomic E-state index is 0.00176. The predicted octanol–water partition coefficient (Wildman–Crippen LogP) is 16.1. The van der Waals surface area contributed by atoms with Crippen molar-refractivity contribution < 1.29 is 48.9 Å². The van der Waals surface area contributed by atoms with E-state index in [-0.39, 0.29) is 51.3 Å². The summed E-state index contributed by atoms with van der Waals surface area (Å²) in [7, 11) is 1.59. The van der Waals surface area contributed by atoms with Crippen molar-refractivity contribution in [2.24, 2.45) is 10.2 Å². The fourth-order valence-corrected chi connectivity index (χ4v) is 15.4. The fraction of sp³-hybridized carbons (Fsp3) is 0.191.